The van der Waals surface area contributed by atoms with Crippen molar-refractivity contribution in [1.29, 1.82) is 0 Å². The van der Waals surface area contributed by atoms with E-state index in [1.54, 1.807) is 12.1 Å². The number of carboxylic acid groups (broad SMARTS) is 1. The highest BCUT2D eigenvalue weighted by Gasteiger charge is 2.22. The van der Waals surface area contributed by atoms with Crippen molar-refractivity contribution in [2.45, 2.75) is 32.9 Å². The number of nitrogens with zero attached hydrogens (tertiary/aromatic N) is 3. The van der Waals surface area contributed by atoms with E-state index >= 15 is 0 Å². The number of amides is 1. The van der Waals surface area contributed by atoms with E-state index < -0.39 is 22.8 Å². The summed E-state index contributed by atoms with van der Waals surface area (Å²) in [6, 6.07) is 4.18. The quantitative estimate of drug-likeness (QED) is 0.580. The molecule has 25 heavy (non-hydrogen) atoms. The molecule has 1 atom stereocenters. The zero-order valence-corrected chi connectivity index (χ0v) is 13.8. The number of carbonyl (C=O) groups excluding carboxylic acids is 1. The maximum Gasteiger partial charge on any atom is 0.330 e. The van der Waals surface area contributed by atoms with Crippen molar-refractivity contribution >= 4 is 17.6 Å². The van der Waals surface area contributed by atoms with Crippen molar-refractivity contribution < 1.29 is 19.6 Å². The van der Waals surface area contributed by atoms with E-state index in [-0.39, 0.29) is 18.7 Å². The Bertz CT molecular complexity index is 794. The van der Waals surface area contributed by atoms with Gasteiger partial charge in [-0.25, -0.2) is 4.79 Å². The smallest absolute Gasteiger partial charge is 0.330 e. The number of aromatic nitrogens is 2. The number of aryl methyl sites for hydroxylation is 3. The fraction of sp³-hybridized carbons (Fsp3) is 0.312. The van der Waals surface area contributed by atoms with Gasteiger partial charge in [0.2, 0.25) is 5.91 Å². The molecular formula is C16H18N4O5. The normalized spacial score (nSPS) is 11.8. The summed E-state index contributed by atoms with van der Waals surface area (Å²) in [5.41, 5.74) is 2.13. The van der Waals surface area contributed by atoms with E-state index in [9.17, 15) is 24.8 Å². The van der Waals surface area contributed by atoms with E-state index in [1.165, 1.54) is 10.9 Å². The van der Waals surface area contributed by atoms with E-state index in [1.807, 2.05) is 19.9 Å². The van der Waals surface area contributed by atoms with Crippen molar-refractivity contribution in [3.63, 3.8) is 0 Å². The van der Waals surface area contributed by atoms with Crippen molar-refractivity contribution in [3.8, 4) is 0 Å². The number of nitrogens with one attached hydrogen (secondary N) is 1. The van der Waals surface area contributed by atoms with Gasteiger partial charge >= 0.3 is 11.7 Å². The SMILES string of the molecule is Cc1cc(C)cc(C(NC(=O)CCn2cc([N+](=O)[O-])cn2)C(=O)O)c1. The number of rotatable bonds is 7. The van der Waals surface area contributed by atoms with Gasteiger partial charge in [0.05, 0.1) is 4.92 Å². The van der Waals surface area contributed by atoms with Gasteiger partial charge in [0, 0.05) is 13.0 Å². The van der Waals surface area contributed by atoms with Gasteiger partial charge in [0.1, 0.15) is 12.4 Å². The zero-order chi connectivity index (χ0) is 18.6. The standard InChI is InChI=1S/C16H18N4O5/c1-10-5-11(2)7-12(6-10)15(16(22)23)18-14(21)3-4-19-9-13(8-17-19)20(24)25/h5-9,15H,3-4H2,1-2H3,(H,18,21)(H,22,23). The number of carboxylic acids is 1. The molecule has 0 aliphatic heterocycles. The first-order chi connectivity index (χ1) is 11.8. The molecule has 0 saturated carbocycles. The van der Waals surface area contributed by atoms with Crippen molar-refractivity contribution in [2.75, 3.05) is 0 Å². The fourth-order valence-corrected chi connectivity index (χ4v) is 2.48. The molecule has 0 aliphatic carbocycles. The predicted molar refractivity (Wildman–Crippen MR) is 87.9 cm³/mol. The first-order valence-corrected chi connectivity index (χ1v) is 7.53. The molecule has 132 valence electrons. The molecule has 9 heteroatoms. The summed E-state index contributed by atoms with van der Waals surface area (Å²) in [7, 11) is 0. The molecule has 1 unspecified atom stereocenters. The first-order valence-electron chi connectivity index (χ1n) is 7.53. The Balaban J connectivity index is 2.02. The molecule has 0 aliphatic rings. The lowest BCUT2D eigenvalue weighted by atomic mass is 10.0. The molecule has 1 amide bonds. The van der Waals surface area contributed by atoms with E-state index in [2.05, 4.69) is 10.4 Å². The molecule has 0 radical (unpaired) electrons. The summed E-state index contributed by atoms with van der Waals surface area (Å²) in [4.78, 5) is 33.6. The van der Waals surface area contributed by atoms with Gasteiger partial charge in [-0.15, -0.1) is 0 Å². The summed E-state index contributed by atoms with van der Waals surface area (Å²) in [6.45, 7) is 3.81. The summed E-state index contributed by atoms with van der Waals surface area (Å²) in [6.07, 6.45) is 2.26. The van der Waals surface area contributed by atoms with Crippen LogP contribution in [0, 0.1) is 24.0 Å². The van der Waals surface area contributed by atoms with Crippen LogP contribution >= 0.6 is 0 Å². The van der Waals surface area contributed by atoms with Crippen molar-refractivity contribution in [1.82, 2.24) is 15.1 Å². The van der Waals surface area contributed by atoms with E-state index in [0.29, 0.717) is 5.56 Å². The summed E-state index contributed by atoms with van der Waals surface area (Å²) < 4.78 is 1.27. The van der Waals surface area contributed by atoms with Gasteiger partial charge in [0.15, 0.2) is 6.04 Å². The van der Waals surface area contributed by atoms with Crippen LogP contribution in [0.1, 0.15) is 29.2 Å². The molecule has 1 aromatic heterocycles. The second kappa shape index (κ2) is 7.56. The fourth-order valence-electron chi connectivity index (χ4n) is 2.48. The van der Waals surface area contributed by atoms with Gasteiger partial charge < -0.3 is 10.4 Å². The Hall–Kier alpha value is -3.23. The molecule has 0 spiro atoms. The number of benzene rings is 1. The van der Waals surface area contributed by atoms with Crippen LogP contribution in [0.4, 0.5) is 5.69 Å². The average molecular weight is 346 g/mol. The maximum atomic E-state index is 12.1. The molecular weight excluding hydrogens is 328 g/mol. The lowest BCUT2D eigenvalue weighted by molar-refractivity contribution is -0.385. The van der Waals surface area contributed by atoms with Gasteiger partial charge in [-0.1, -0.05) is 29.3 Å². The number of aliphatic carboxylic acids is 1. The highest BCUT2D eigenvalue weighted by molar-refractivity contribution is 5.84. The second-order valence-electron chi connectivity index (χ2n) is 5.73. The minimum Gasteiger partial charge on any atom is -0.479 e. The predicted octanol–water partition coefficient (Wildman–Crippen LogP) is 1.74. The highest BCUT2D eigenvalue weighted by Crippen LogP contribution is 2.18. The lowest BCUT2D eigenvalue weighted by Crippen LogP contribution is -2.34. The molecule has 1 heterocycles. The molecule has 0 bridgehead atoms. The van der Waals surface area contributed by atoms with Crippen LogP contribution in [0.2, 0.25) is 0 Å². The first kappa shape index (κ1) is 18.1. The molecule has 1 aromatic carbocycles. The summed E-state index contributed by atoms with van der Waals surface area (Å²) >= 11 is 0. The third-order valence-electron chi connectivity index (χ3n) is 3.53. The van der Waals surface area contributed by atoms with Crippen LogP contribution in [-0.4, -0.2) is 31.7 Å². The van der Waals surface area contributed by atoms with Gasteiger partial charge in [-0.3, -0.25) is 19.6 Å². The van der Waals surface area contributed by atoms with E-state index in [0.717, 1.165) is 17.3 Å². The molecule has 9 nitrogen and oxygen atoms in total. The number of hydrogen-bond donors (Lipinski definition) is 2. The third kappa shape index (κ3) is 4.87. The Morgan fingerprint density at radius 1 is 1.32 bits per heavy atom. The number of hydrogen-bond acceptors (Lipinski definition) is 5. The summed E-state index contributed by atoms with van der Waals surface area (Å²) in [5, 5.41) is 26.2. The maximum absolute atomic E-state index is 12.1. The largest absolute Gasteiger partial charge is 0.479 e. The zero-order valence-electron chi connectivity index (χ0n) is 13.8. The lowest BCUT2D eigenvalue weighted by Gasteiger charge is -2.16. The highest BCUT2D eigenvalue weighted by atomic mass is 16.6. The van der Waals surface area contributed by atoms with Crippen molar-refractivity contribution in [3.05, 3.63) is 57.4 Å². The molecule has 0 saturated heterocycles. The topological polar surface area (TPSA) is 127 Å². The van der Waals surface area contributed by atoms with Gasteiger partial charge in [-0.05, 0) is 19.4 Å². The number of carbonyl (C=O) groups is 2. The third-order valence-corrected chi connectivity index (χ3v) is 3.53. The minimum atomic E-state index is -1.16. The minimum absolute atomic E-state index is 0.0482. The van der Waals surface area contributed by atoms with E-state index in [4.69, 9.17) is 0 Å². The molecule has 2 rings (SSSR count). The Labute approximate surface area is 143 Å². The van der Waals surface area contributed by atoms with Gasteiger partial charge in [-0.2, -0.15) is 5.10 Å². The van der Waals surface area contributed by atoms with Gasteiger partial charge in [0.25, 0.3) is 0 Å². The Morgan fingerprint density at radius 3 is 2.48 bits per heavy atom. The number of nitro groups is 1. The Kier molecular flexibility index (Phi) is 5.48. The van der Waals surface area contributed by atoms with Crippen LogP contribution in [0.15, 0.2) is 30.6 Å². The average Bonchev–Trinajstić information content (AvgIpc) is 2.98. The summed E-state index contributed by atoms with van der Waals surface area (Å²) in [5.74, 6) is -1.64. The Morgan fingerprint density at radius 2 is 1.96 bits per heavy atom. The molecule has 0 fully saturated rings. The molecule has 2 aromatic rings. The second-order valence-corrected chi connectivity index (χ2v) is 5.73. The van der Waals surface area contributed by atoms with Crippen LogP contribution in [0.25, 0.3) is 0 Å². The van der Waals surface area contributed by atoms with Crippen molar-refractivity contribution in [2.24, 2.45) is 0 Å². The molecule has 2 N–H and O–H groups in total. The van der Waals surface area contributed by atoms with Crippen LogP contribution in [0.5, 0.6) is 0 Å². The van der Waals surface area contributed by atoms with Crippen LogP contribution in [0.3, 0.4) is 0 Å². The monoisotopic (exact) mass is 346 g/mol. The van der Waals surface area contributed by atoms with Crippen LogP contribution in [-0.2, 0) is 16.1 Å². The van der Waals surface area contributed by atoms with Crippen LogP contribution < -0.4 is 5.32 Å².